The van der Waals surface area contributed by atoms with E-state index in [1.54, 1.807) is 0 Å². The highest BCUT2D eigenvalue weighted by Crippen LogP contribution is 2.20. The summed E-state index contributed by atoms with van der Waals surface area (Å²) in [6.07, 6.45) is 26.0. The zero-order valence-electron chi connectivity index (χ0n) is 25.4. The van der Waals surface area contributed by atoms with Gasteiger partial charge < -0.3 is 15.5 Å². The molecule has 0 aliphatic carbocycles. The van der Waals surface area contributed by atoms with Gasteiger partial charge in [-0.05, 0) is 51.4 Å². The number of carbonyl (C=O) groups excluding carboxylic acids is 1. The van der Waals surface area contributed by atoms with Gasteiger partial charge in [-0.2, -0.15) is 23.5 Å². The van der Waals surface area contributed by atoms with Crippen molar-refractivity contribution in [3.8, 4) is 0 Å². The highest BCUT2D eigenvalue weighted by atomic mass is 32.2. The Labute approximate surface area is 241 Å². The molecule has 0 aromatic rings. The average molecular weight is 560 g/mol. The quantitative estimate of drug-likeness (QED) is 0.0897. The Bertz CT molecular complexity index is 466. The predicted molar refractivity (Wildman–Crippen MR) is 173 cm³/mol. The van der Waals surface area contributed by atoms with Gasteiger partial charge in [0.1, 0.15) is 0 Å². The van der Waals surface area contributed by atoms with Gasteiger partial charge in [0.05, 0.1) is 0 Å². The first-order chi connectivity index (χ1) is 18.1. The zero-order valence-corrected chi connectivity index (χ0v) is 27.1. The highest BCUT2D eigenvalue weighted by Gasteiger charge is 2.11. The summed E-state index contributed by atoms with van der Waals surface area (Å²) in [6.45, 7) is 7.11. The fraction of sp³-hybridized carbons (Fsp3) is 0.968. The lowest BCUT2D eigenvalue weighted by atomic mass is 10.1. The van der Waals surface area contributed by atoms with Crippen LogP contribution in [0.1, 0.15) is 136 Å². The number of carbonyl (C=O) groups is 1. The molecule has 1 unspecified atom stereocenters. The monoisotopic (exact) mass is 559 g/mol. The Morgan fingerprint density at radius 3 is 1.65 bits per heavy atom. The molecule has 0 aliphatic rings. The molecule has 6 heteroatoms. The van der Waals surface area contributed by atoms with E-state index in [0.29, 0.717) is 5.25 Å². The number of thioether (sulfide) groups is 2. The molecule has 222 valence electrons. The Morgan fingerprint density at radius 1 is 0.649 bits per heavy atom. The first kappa shape index (κ1) is 36.9. The Morgan fingerprint density at radius 2 is 1.14 bits per heavy atom. The van der Waals surface area contributed by atoms with Crippen molar-refractivity contribution in [1.29, 1.82) is 0 Å². The van der Waals surface area contributed by atoms with E-state index < -0.39 is 0 Å². The van der Waals surface area contributed by atoms with E-state index in [1.165, 1.54) is 127 Å². The summed E-state index contributed by atoms with van der Waals surface area (Å²) in [5.74, 6) is 3.65. The third-order valence-electron chi connectivity index (χ3n) is 6.86. The molecule has 1 atom stereocenters. The topological polar surface area (TPSA) is 44.4 Å². The molecule has 0 aromatic carbocycles. The van der Waals surface area contributed by atoms with E-state index in [2.05, 4.69) is 67.0 Å². The number of unbranched alkanes of at least 4 members (excludes halogenated alkanes) is 16. The largest absolute Gasteiger partial charge is 0.338 e. The Kier molecular flexibility index (Phi) is 30.4. The molecule has 0 saturated carbocycles. The van der Waals surface area contributed by atoms with Crippen LogP contribution in [0.2, 0.25) is 0 Å². The van der Waals surface area contributed by atoms with Crippen molar-refractivity contribution < 1.29 is 4.79 Å². The molecular weight excluding hydrogens is 494 g/mol. The molecule has 2 N–H and O–H groups in total. The minimum Gasteiger partial charge on any atom is -0.338 e. The number of nitrogens with one attached hydrogen (secondary N) is 2. The molecule has 0 bridgehead atoms. The number of hydrogen-bond acceptors (Lipinski definition) is 4. The van der Waals surface area contributed by atoms with Crippen molar-refractivity contribution >= 4 is 29.6 Å². The van der Waals surface area contributed by atoms with Crippen molar-refractivity contribution in [3.63, 3.8) is 0 Å². The molecule has 2 amide bonds. The summed E-state index contributed by atoms with van der Waals surface area (Å²) in [5.41, 5.74) is 0. The lowest BCUT2D eigenvalue weighted by Crippen LogP contribution is -2.40. The summed E-state index contributed by atoms with van der Waals surface area (Å²) in [7, 11) is 4.14. The third-order valence-corrected chi connectivity index (χ3v) is 9.61. The van der Waals surface area contributed by atoms with E-state index in [0.717, 1.165) is 31.8 Å². The zero-order chi connectivity index (χ0) is 27.2. The molecule has 0 aromatic heterocycles. The first-order valence-electron chi connectivity index (χ1n) is 16.0. The van der Waals surface area contributed by atoms with E-state index in [4.69, 9.17) is 0 Å². The van der Waals surface area contributed by atoms with Crippen LogP contribution in [-0.2, 0) is 0 Å². The van der Waals surface area contributed by atoms with Crippen molar-refractivity contribution in [2.75, 3.05) is 51.0 Å². The maximum absolute atomic E-state index is 12.2. The van der Waals surface area contributed by atoms with Crippen molar-refractivity contribution in [1.82, 2.24) is 15.5 Å². The van der Waals surface area contributed by atoms with Gasteiger partial charge in [-0.25, -0.2) is 4.79 Å². The van der Waals surface area contributed by atoms with Crippen molar-refractivity contribution in [2.45, 2.75) is 141 Å². The molecule has 0 rings (SSSR count). The number of hydrogen-bond donors (Lipinski definition) is 2. The van der Waals surface area contributed by atoms with Gasteiger partial charge in [-0.1, -0.05) is 117 Å². The third kappa shape index (κ3) is 30.3. The SMILES string of the molecule is CCCCCCCCCCCSCC(CNC(=O)NCCCN(C)C)SCCCCCCCCCCC. The molecule has 37 heavy (non-hydrogen) atoms. The molecule has 0 aliphatic heterocycles. The van der Waals surface area contributed by atoms with Gasteiger partial charge in [-0.15, -0.1) is 0 Å². The molecule has 0 radical (unpaired) electrons. The van der Waals surface area contributed by atoms with Crippen LogP contribution in [0.3, 0.4) is 0 Å². The number of rotatable bonds is 29. The van der Waals surface area contributed by atoms with E-state index in [1.807, 2.05) is 0 Å². The van der Waals surface area contributed by atoms with Gasteiger partial charge in [0, 0.05) is 24.1 Å². The van der Waals surface area contributed by atoms with Crippen LogP contribution in [0.25, 0.3) is 0 Å². The van der Waals surface area contributed by atoms with Crippen molar-refractivity contribution in [2.24, 2.45) is 0 Å². The van der Waals surface area contributed by atoms with Crippen LogP contribution >= 0.6 is 23.5 Å². The van der Waals surface area contributed by atoms with Gasteiger partial charge >= 0.3 is 6.03 Å². The summed E-state index contributed by atoms with van der Waals surface area (Å²) in [6, 6.07) is -0.00336. The Balaban J connectivity index is 4.01. The maximum atomic E-state index is 12.2. The van der Waals surface area contributed by atoms with Crippen LogP contribution in [0.15, 0.2) is 0 Å². The number of nitrogens with zero attached hydrogens (tertiary/aromatic N) is 1. The van der Waals surface area contributed by atoms with Gasteiger partial charge in [-0.3, -0.25) is 0 Å². The minimum absolute atomic E-state index is 0.00336. The fourth-order valence-electron chi connectivity index (χ4n) is 4.42. The molecule has 0 fully saturated rings. The van der Waals surface area contributed by atoms with Crippen LogP contribution in [0.4, 0.5) is 4.79 Å². The summed E-state index contributed by atoms with van der Waals surface area (Å²) in [4.78, 5) is 14.4. The Hall–Kier alpha value is -0.0700. The molecule has 4 nitrogen and oxygen atoms in total. The smallest absolute Gasteiger partial charge is 0.314 e. The minimum atomic E-state index is -0.00336. The van der Waals surface area contributed by atoms with Gasteiger partial charge in [0.2, 0.25) is 0 Å². The standard InChI is InChI=1S/C31H65N3OS2/c1-5-7-9-11-13-15-17-19-21-26-36-29-30(28-33-31(35)32-24-23-25-34(3)4)37-27-22-20-18-16-14-12-10-8-6-2/h30H,5-29H2,1-4H3,(H2,32,33,35). The van der Waals surface area contributed by atoms with E-state index >= 15 is 0 Å². The normalized spacial score (nSPS) is 12.2. The summed E-state index contributed by atoms with van der Waals surface area (Å²) < 4.78 is 0. The van der Waals surface area contributed by atoms with E-state index in [9.17, 15) is 4.79 Å². The number of amides is 2. The first-order valence-corrected chi connectivity index (χ1v) is 18.2. The van der Waals surface area contributed by atoms with Crippen molar-refractivity contribution in [3.05, 3.63) is 0 Å². The van der Waals surface area contributed by atoms with Crippen LogP contribution in [0.5, 0.6) is 0 Å². The summed E-state index contributed by atoms with van der Waals surface area (Å²) in [5, 5.41) is 6.69. The molecule has 0 heterocycles. The summed E-state index contributed by atoms with van der Waals surface area (Å²) >= 11 is 4.18. The van der Waals surface area contributed by atoms with E-state index in [-0.39, 0.29) is 6.03 Å². The fourth-order valence-corrected chi connectivity index (χ4v) is 6.96. The molecular formula is C31H65N3OS2. The second-order valence-electron chi connectivity index (χ2n) is 11.0. The predicted octanol–water partition coefficient (Wildman–Crippen LogP) is 9.13. The number of urea groups is 1. The van der Waals surface area contributed by atoms with Crippen LogP contribution < -0.4 is 10.6 Å². The van der Waals surface area contributed by atoms with Crippen LogP contribution in [0, 0.1) is 0 Å². The van der Waals surface area contributed by atoms with Gasteiger partial charge in [0.15, 0.2) is 0 Å². The lowest BCUT2D eigenvalue weighted by Gasteiger charge is -2.18. The maximum Gasteiger partial charge on any atom is 0.314 e. The second kappa shape index (κ2) is 30.5. The molecule has 0 spiro atoms. The van der Waals surface area contributed by atoms with Gasteiger partial charge in [0.25, 0.3) is 0 Å². The van der Waals surface area contributed by atoms with Crippen LogP contribution in [-0.4, -0.2) is 67.2 Å². The average Bonchev–Trinajstić information content (AvgIpc) is 2.88. The highest BCUT2D eigenvalue weighted by molar-refractivity contribution is 8.03. The second-order valence-corrected chi connectivity index (χ2v) is 13.6. The molecule has 0 saturated heterocycles. The lowest BCUT2D eigenvalue weighted by molar-refractivity contribution is 0.240.